The number of aromatic amines is 2. The number of methoxy groups -OCH3 is 1. The Hall–Kier alpha value is -6.39. The molecule has 3 aromatic heterocycles. The number of likely N-dealkylation sites (tertiary alicyclic amines) is 2. The van der Waals surface area contributed by atoms with Gasteiger partial charge in [-0.2, -0.15) is 0 Å². The number of alkyl carbamates (subject to hydrolysis) is 1. The van der Waals surface area contributed by atoms with Gasteiger partial charge in [0.15, 0.2) is 6.10 Å². The maximum Gasteiger partial charge on any atom is 0.407 e. The zero-order chi connectivity index (χ0) is 46.2. The number of pyridine rings is 1. The van der Waals surface area contributed by atoms with Crippen molar-refractivity contribution >= 4 is 57.6 Å². The fourth-order valence-corrected chi connectivity index (χ4v) is 10.8. The van der Waals surface area contributed by atoms with Crippen LogP contribution in [0.1, 0.15) is 132 Å². The largest absolute Gasteiger partial charge is 0.453 e. The fourth-order valence-electron chi connectivity index (χ4n) is 10.8. The van der Waals surface area contributed by atoms with Crippen molar-refractivity contribution in [3.05, 3.63) is 77.5 Å². The predicted octanol–water partition coefficient (Wildman–Crippen LogP) is 7.73. The molecule has 0 radical (unpaired) electrons. The van der Waals surface area contributed by atoms with Crippen LogP contribution >= 0.6 is 0 Å². The van der Waals surface area contributed by atoms with Gasteiger partial charge >= 0.3 is 12.2 Å². The first kappa shape index (κ1) is 44.8. The molecular formula is C49H63N11O6. The van der Waals surface area contributed by atoms with Gasteiger partial charge in [-0.15, -0.1) is 0 Å². The number of nitrogens with one attached hydrogen (secondary N) is 3. The van der Waals surface area contributed by atoms with E-state index < -0.39 is 24.3 Å². The molecule has 5 aromatic rings. The van der Waals surface area contributed by atoms with Crippen LogP contribution in [0.15, 0.2) is 54.7 Å². The number of hydrogen-bond donors (Lipinski definition) is 4. The lowest BCUT2D eigenvalue weighted by molar-refractivity contribution is -0.143. The fraction of sp³-hybridized carbons (Fsp3) is 0.531. The third-order valence-corrected chi connectivity index (χ3v) is 14.1. The van der Waals surface area contributed by atoms with Gasteiger partial charge in [-0.25, -0.2) is 24.5 Å². The van der Waals surface area contributed by atoms with Crippen molar-refractivity contribution in [2.24, 2.45) is 17.6 Å². The maximum atomic E-state index is 13.9. The van der Waals surface area contributed by atoms with Crippen molar-refractivity contribution in [2.45, 2.75) is 122 Å². The van der Waals surface area contributed by atoms with Crippen LogP contribution in [0.4, 0.5) is 21.1 Å². The third kappa shape index (κ3) is 8.83. The number of benzene rings is 2. The van der Waals surface area contributed by atoms with Gasteiger partial charge in [-0.05, 0) is 117 Å². The Kier molecular flexibility index (Phi) is 12.8. The Morgan fingerprint density at radius 3 is 1.77 bits per heavy atom. The molecule has 0 aliphatic carbocycles. The van der Waals surface area contributed by atoms with Crippen molar-refractivity contribution in [1.82, 2.24) is 40.0 Å². The number of carbonyl (C=O) groups excluding carboxylic acids is 4. The van der Waals surface area contributed by atoms with Gasteiger partial charge in [0.25, 0.3) is 5.91 Å². The van der Waals surface area contributed by atoms with E-state index in [2.05, 4.69) is 73.6 Å². The summed E-state index contributed by atoms with van der Waals surface area (Å²) in [5, 5.41) is 2.74. The van der Waals surface area contributed by atoms with Crippen LogP contribution in [0.25, 0.3) is 22.1 Å². The summed E-state index contributed by atoms with van der Waals surface area (Å²) in [7, 11) is 1.30. The van der Waals surface area contributed by atoms with Crippen molar-refractivity contribution in [3.8, 4) is 0 Å². The minimum Gasteiger partial charge on any atom is -0.453 e. The molecule has 5 N–H and O–H groups in total. The number of ether oxygens (including phenoxy) is 2. The van der Waals surface area contributed by atoms with Gasteiger partial charge in [0, 0.05) is 26.2 Å². The topological polar surface area (TPSA) is 208 Å². The summed E-state index contributed by atoms with van der Waals surface area (Å²) in [6.07, 6.45) is 8.02. The van der Waals surface area contributed by atoms with Crippen LogP contribution < -0.4 is 20.9 Å². The quantitative estimate of drug-likeness (QED) is 0.0953. The van der Waals surface area contributed by atoms with E-state index in [0.29, 0.717) is 18.9 Å². The van der Waals surface area contributed by atoms with Gasteiger partial charge < -0.3 is 50.1 Å². The first-order valence-corrected chi connectivity index (χ1v) is 23.8. The zero-order valence-corrected chi connectivity index (χ0v) is 38.7. The lowest BCUT2D eigenvalue weighted by Crippen LogP contribution is -2.51. The minimum absolute atomic E-state index is 0.0229. The summed E-state index contributed by atoms with van der Waals surface area (Å²) in [4.78, 5) is 82.3. The molecule has 0 saturated carbocycles. The van der Waals surface area contributed by atoms with Crippen LogP contribution in [0.3, 0.4) is 0 Å². The standard InChI is InChI=1S/C49H63N11O6/c1-28(2)42(56-49(64)65-5)46(61)58-23-9-11-39(58)44-52-33-16-13-30(25-35(33)54-44)37-18-19-38(60(37)32-15-20-41(51-27-32)57-21-7-6-8-22-57)31-14-17-34-36(26-31)55-45(53-34)40-12-10-24-59(40)47(62)43(29(3)4)66-48(50)63/h13-17,20,25-29,37-40,42-43H,6-12,18-19,21-24H2,1-5H3,(H2,50,63)(H,52,54)(H,53,55)(H,56,64)/t37-,38-,39+,40+,42+,43?/m1/s1. The molecule has 0 spiro atoms. The molecule has 17 heteroatoms. The Morgan fingerprint density at radius 2 is 1.27 bits per heavy atom. The highest BCUT2D eigenvalue weighted by atomic mass is 16.6. The maximum absolute atomic E-state index is 13.9. The second kappa shape index (κ2) is 18.8. The second-order valence-electron chi connectivity index (χ2n) is 19.1. The molecule has 4 aliphatic heterocycles. The summed E-state index contributed by atoms with van der Waals surface area (Å²) in [5.41, 5.74) is 12.1. The average molecular weight is 902 g/mol. The number of nitrogens with two attached hydrogens (primary N) is 1. The second-order valence-corrected chi connectivity index (χ2v) is 19.1. The summed E-state index contributed by atoms with van der Waals surface area (Å²) in [6.45, 7) is 10.7. The van der Waals surface area contributed by atoms with E-state index in [-0.39, 0.29) is 47.8 Å². The van der Waals surface area contributed by atoms with E-state index in [9.17, 15) is 19.2 Å². The Balaban J connectivity index is 1.01. The number of rotatable bonds is 12. The van der Waals surface area contributed by atoms with Crippen molar-refractivity contribution in [2.75, 3.05) is 43.1 Å². The first-order valence-electron chi connectivity index (χ1n) is 23.8. The van der Waals surface area contributed by atoms with Crippen LogP contribution in [0.2, 0.25) is 0 Å². The Morgan fingerprint density at radius 1 is 0.697 bits per heavy atom. The minimum atomic E-state index is -0.964. The number of primary amides is 1. The number of anilines is 2. The number of aromatic nitrogens is 5. The molecule has 1 unspecified atom stereocenters. The Labute approximate surface area is 385 Å². The van der Waals surface area contributed by atoms with E-state index in [0.717, 1.165) is 102 Å². The molecule has 17 nitrogen and oxygen atoms in total. The molecule has 350 valence electrons. The number of hydrogen-bond acceptors (Lipinski definition) is 11. The molecule has 4 fully saturated rings. The summed E-state index contributed by atoms with van der Waals surface area (Å²) in [6, 6.07) is 16.1. The molecule has 66 heavy (non-hydrogen) atoms. The molecule has 4 saturated heterocycles. The lowest BCUT2D eigenvalue weighted by Gasteiger charge is -2.34. The van der Waals surface area contributed by atoms with Crippen LogP contribution in [0.5, 0.6) is 0 Å². The summed E-state index contributed by atoms with van der Waals surface area (Å²) >= 11 is 0. The summed E-state index contributed by atoms with van der Waals surface area (Å²) in [5.74, 6) is 1.69. The number of carbonyl (C=O) groups is 4. The highest BCUT2D eigenvalue weighted by molar-refractivity contribution is 5.87. The summed E-state index contributed by atoms with van der Waals surface area (Å²) < 4.78 is 10.1. The first-order chi connectivity index (χ1) is 31.9. The van der Waals surface area contributed by atoms with Gasteiger partial charge in [0.05, 0.1) is 65.2 Å². The molecule has 4 aliphatic rings. The van der Waals surface area contributed by atoms with Crippen molar-refractivity contribution in [3.63, 3.8) is 0 Å². The van der Waals surface area contributed by atoms with Crippen molar-refractivity contribution < 1.29 is 28.7 Å². The number of H-pyrrole nitrogens is 2. The monoisotopic (exact) mass is 901 g/mol. The predicted molar refractivity (Wildman–Crippen MR) is 251 cm³/mol. The van der Waals surface area contributed by atoms with Gasteiger partial charge in [0.2, 0.25) is 5.91 Å². The van der Waals surface area contributed by atoms with Crippen LogP contribution in [0, 0.1) is 11.8 Å². The SMILES string of the molecule is COC(=O)N[C@H](C(=O)N1CCC[C@H]1c1nc2ccc([C@H]3CC[C@H](c4ccc5nc([C@@H]6CCCN6C(=O)C(OC(N)=O)C(C)C)[nH]c5c4)N3c3ccc(N4CCCCC4)nc3)cc2[nH]1)C(C)C. The van der Waals surface area contributed by atoms with E-state index in [1.54, 1.807) is 4.90 Å². The number of amides is 4. The van der Waals surface area contributed by atoms with Gasteiger partial charge in [-0.3, -0.25) is 9.59 Å². The van der Waals surface area contributed by atoms with E-state index in [1.165, 1.54) is 26.4 Å². The molecule has 6 atom stereocenters. The molecule has 7 heterocycles. The molecule has 0 bridgehead atoms. The van der Waals surface area contributed by atoms with E-state index >= 15 is 0 Å². The smallest absolute Gasteiger partial charge is 0.407 e. The molecule has 2 aromatic carbocycles. The van der Waals surface area contributed by atoms with Crippen molar-refractivity contribution in [1.29, 1.82) is 0 Å². The number of piperidine rings is 1. The average Bonchev–Trinajstić information content (AvgIpc) is 4.18. The Bertz CT molecular complexity index is 2570. The van der Waals surface area contributed by atoms with Gasteiger partial charge in [-0.1, -0.05) is 39.8 Å². The molecular weight excluding hydrogens is 839 g/mol. The van der Waals surface area contributed by atoms with E-state index in [1.807, 2.05) is 38.8 Å². The zero-order valence-electron chi connectivity index (χ0n) is 38.7. The number of nitrogens with zero attached hydrogens (tertiary/aromatic N) is 7. The van der Waals surface area contributed by atoms with Gasteiger partial charge in [0.1, 0.15) is 23.5 Å². The highest BCUT2D eigenvalue weighted by Crippen LogP contribution is 2.48. The third-order valence-electron chi connectivity index (χ3n) is 14.1. The molecule has 9 rings (SSSR count). The van der Waals surface area contributed by atoms with E-state index in [4.69, 9.17) is 30.2 Å². The van der Waals surface area contributed by atoms with Crippen LogP contribution in [-0.2, 0) is 19.1 Å². The number of imidazole rings is 2. The lowest BCUT2D eigenvalue weighted by atomic mass is 10.0. The number of fused-ring (bicyclic) bond motifs is 2. The normalized spacial score (nSPS) is 22.2. The highest BCUT2D eigenvalue weighted by Gasteiger charge is 2.41. The molecule has 4 amide bonds. The van der Waals surface area contributed by atoms with Crippen LogP contribution in [-0.4, -0.2) is 104 Å².